The molecule has 0 saturated carbocycles. The molecule has 0 aromatic heterocycles. The zero-order valence-corrected chi connectivity index (χ0v) is 14.3. The third kappa shape index (κ3) is 7.16. The summed E-state index contributed by atoms with van der Waals surface area (Å²) in [5.41, 5.74) is 2.08. The predicted molar refractivity (Wildman–Crippen MR) is 86.0 cm³/mol. The standard InChI is InChI=1S/C16H28O2Si/c1-13(2)8-9-14(17)12-15(18)10-11-19(6,7)16(3,4)5/h8-13,18H,1-7H3/b9-8+,11-10+,15-12-. The molecule has 0 radical (unpaired) electrons. The maximum Gasteiger partial charge on any atom is 0.182 e. The summed E-state index contributed by atoms with van der Waals surface area (Å²) in [6, 6.07) is 0. The minimum absolute atomic E-state index is 0.0308. The number of aliphatic hydroxyl groups excluding tert-OH is 1. The fraction of sp³-hybridized carbons (Fsp3) is 0.562. The summed E-state index contributed by atoms with van der Waals surface area (Å²) in [4.78, 5) is 11.5. The molecule has 0 heterocycles. The van der Waals surface area contributed by atoms with E-state index < -0.39 is 8.07 Å². The van der Waals surface area contributed by atoms with Gasteiger partial charge in [-0.2, -0.15) is 0 Å². The summed E-state index contributed by atoms with van der Waals surface area (Å²) in [5, 5.41) is 9.98. The quantitative estimate of drug-likeness (QED) is 0.339. The Balaban J connectivity index is 4.78. The summed E-state index contributed by atoms with van der Waals surface area (Å²) in [6.07, 6.45) is 6.26. The summed E-state index contributed by atoms with van der Waals surface area (Å²) < 4.78 is 0. The van der Waals surface area contributed by atoms with Crippen LogP contribution in [0.2, 0.25) is 18.1 Å². The Morgan fingerprint density at radius 3 is 2.11 bits per heavy atom. The molecule has 2 nitrogen and oxygen atoms in total. The second-order valence-electron chi connectivity index (χ2n) is 6.88. The van der Waals surface area contributed by atoms with Crippen LogP contribution in [-0.4, -0.2) is 19.0 Å². The van der Waals surface area contributed by atoms with Crippen LogP contribution < -0.4 is 0 Å². The van der Waals surface area contributed by atoms with E-state index in [4.69, 9.17) is 0 Å². The molecule has 0 fully saturated rings. The molecule has 0 aromatic carbocycles. The first-order chi connectivity index (χ1) is 8.45. The van der Waals surface area contributed by atoms with Crippen molar-refractivity contribution in [1.82, 2.24) is 0 Å². The van der Waals surface area contributed by atoms with Crippen LogP contribution in [0.3, 0.4) is 0 Å². The Labute approximate surface area is 118 Å². The molecule has 0 atom stereocenters. The van der Waals surface area contributed by atoms with Gasteiger partial charge >= 0.3 is 0 Å². The summed E-state index contributed by atoms with van der Waals surface area (Å²) in [7, 11) is -1.57. The van der Waals surface area contributed by atoms with Crippen LogP contribution in [0.4, 0.5) is 0 Å². The van der Waals surface area contributed by atoms with E-state index in [1.165, 1.54) is 12.2 Å². The van der Waals surface area contributed by atoms with Gasteiger partial charge in [-0.3, -0.25) is 4.79 Å². The molecule has 0 aliphatic heterocycles. The Kier molecular flexibility index (Phi) is 6.50. The van der Waals surface area contributed by atoms with E-state index in [1.807, 2.05) is 19.9 Å². The highest BCUT2D eigenvalue weighted by Crippen LogP contribution is 2.36. The van der Waals surface area contributed by atoms with Gasteiger partial charge in [-0.1, -0.05) is 59.5 Å². The zero-order valence-electron chi connectivity index (χ0n) is 13.3. The Hall–Kier alpha value is -1.09. The van der Waals surface area contributed by atoms with E-state index in [9.17, 15) is 9.90 Å². The Bertz CT molecular complexity index is 393. The number of hydrogen-bond acceptors (Lipinski definition) is 2. The molecular weight excluding hydrogens is 252 g/mol. The van der Waals surface area contributed by atoms with Gasteiger partial charge in [0, 0.05) is 6.08 Å². The molecule has 0 bridgehead atoms. The van der Waals surface area contributed by atoms with Crippen LogP contribution in [0.25, 0.3) is 0 Å². The normalized spacial score (nSPS) is 14.8. The molecule has 0 amide bonds. The number of ketones is 1. The van der Waals surface area contributed by atoms with Crippen LogP contribution >= 0.6 is 0 Å². The van der Waals surface area contributed by atoms with Crippen LogP contribution in [-0.2, 0) is 4.79 Å². The van der Waals surface area contributed by atoms with Crippen molar-refractivity contribution in [3.05, 3.63) is 35.8 Å². The van der Waals surface area contributed by atoms with Crippen molar-refractivity contribution >= 4 is 13.9 Å². The summed E-state index contributed by atoms with van der Waals surface area (Å²) in [6.45, 7) is 15.1. The monoisotopic (exact) mass is 280 g/mol. The lowest BCUT2D eigenvalue weighted by molar-refractivity contribution is -0.110. The number of hydrogen-bond donors (Lipinski definition) is 1. The summed E-state index contributed by atoms with van der Waals surface area (Å²) >= 11 is 0. The van der Waals surface area contributed by atoms with E-state index in [2.05, 4.69) is 39.6 Å². The number of carbonyl (C=O) groups is 1. The first-order valence-corrected chi connectivity index (χ1v) is 9.85. The van der Waals surface area contributed by atoms with E-state index in [1.54, 1.807) is 6.08 Å². The van der Waals surface area contributed by atoms with Crippen molar-refractivity contribution in [2.24, 2.45) is 5.92 Å². The van der Waals surface area contributed by atoms with Gasteiger partial charge in [0.05, 0.1) is 8.07 Å². The molecule has 0 spiro atoms. The van der Waals surface area contributed by atoms with Gasteiger partial charge < -0.3 is 5.11 Å². The van der Waals surface area contributed by atoms with Gasteiger partial charge in [0.1, 0.15) is 5.76 Å². The maximum atomic E-state index is 11.5. The molecule has 19 heavy (non-hydrogen) atoms. The predicted octanol–water partition coefficient (Wildman–Crippen LogP) is 4.81. The maximum absolute atomic E-state index is 11.5. The minimum Gasteiger partial charge on any atom is -0.508 e. The third-order valence-corrected chi connectivity index (χ3v) is 8.41. The van der Waals surface area contributed by atoms with Gasteiger partial charge in [0.15, 0.2) is 5.78 Å². The molecule has 0 aliphatic rings. The lowest BCUT2D eigenvalue weighted by atomic mass is 10.2. The van der Waals surface area contributed by atoms with Crippen molar-refractivity contribution in [2.75, 3.05) is 0 Å². The largest absolute Gasteiger partial charge is 0.508 e. The Morgan fingerprint density at radius 1 is 1.16 bits per heavy atom. The van der Waals surface area contributed by atoms with Gasteiger partial charge in [-0.15, -0.1) is 0 Å². The molecule has 108 valence electrons. The fourth-order valence-corrected chi connectivity index (χ4v) is 2.16. The number of aliphatic hydroxyl groups is 1. The third-order valence-electron chi connectivity index (χ3n) is 3.54. The van der Waals surface area contributed by atoms with Crippen molar-refractivity contribution in [3.8, 4) is 0 Å². The SMILES string of the molecule is CC(C)/C=C/C(=O)/C=C(O)/C=C/[Si](C)(C)C(C)(C)C. The average molecular weight is 280 g/mol. The van der Waals surface area contributed by atoms with Crippen LogP contribution in [0, 0.1) is 5.92 Å². The van der Waals surface area contributed by atoms with Crippen molar-refractivity contribution in [3.63, 3.8) is 0 Å². The molecular formula is C16H28O2Si. The molecule has 1 N–H and O–H groups in total. The van der Waals surface area contributed by atoms with Crippen LogP contribution in [0.1, 0.15) is 34.6 Å². The zero-order chi connectivity index (χ0) is 15.3. The molecule has 0 rings (SSSR count). The second kappa shape index (κ2) is 6.90. The van der Waals surface area contributed by atoms with Gasteiger partial charge in [-0.05, 0) is 23.1 Å². The van der Waals surface area contributed by atoms with E-state index in [-0.39, 0.29) is 16.6 Å². The first-order valence-electron chi connectivity index (χ1n) is 6.78. The van der Waals surface area contributed by atoms with Gasteiger partial charge in [-0.25, -0.2) is 0 Å². The number of rotatable bonds is 5. The average Bonchev–Trinajstić information content (AvgIpc) is 2.22. The van der Waals surface area contributed by atoms with E-state index >= 15 is 0 Å². The van der Waals surface area contributed by atoms with Crippen molar-refractivity contribution in [2.45, 2.75) is 52.8 Å². The molecule has 3 heteroatoms. The van der Waals surface area contributed by atoms with E-state index in [0.717, 1.165) is 0 Å². The molecule has 0 saturated heterocycles. The topological polar surface area (TPSA) is 37.3 Å². The van der Waals surface area contributed by atoms with Gasteiger partial charge in [0.25, 0.3) is 0 Å². The summed E-state index contributed by atoms with van der Waals surface area (Å²) in [5.74, 6) is 0.191. The lowest BCUT2D eigenvalue weighted by Crippen LogP contribution is -2.34. The number of carbonyl (C=O) groups excluding carboxylic acids is 1. The highest BCUT2D eigenvalue weighted by molar-refractivity contribution is 6.84. The molecule has 0 aliphatic carbocycles. The highest BCUT2D eigenvalue weighted by Gasteiger charge is 2.32. The van der Waals surface area contributed by atoms with Crippen LogP contribution in [0.15, 0.2) is 35.8 Å². The second-order valence-corrected chi connectivity index (χ2v) is 12.2. The Morgan fingerprint density at radius 2 is 1.68 bits per heavy atom. The van der Waals surface area contributed by atoms with E-state index in [0.29, 0.717) is 5.92 Å². The smallest absolute Gasteiger partial charge is 0.182 e. The molecule has 0 aromatic rings. The highest BCUT2D eigenvalue weighted by atomic mass is 28.3. The number of allylic oxidation sites excluding steroid dienone is 4. The first kappa shape index (κ1) is 17.9. The van der Waals surface area contributed by atoms with Gasteiger partial charge in [0.2, 0.25) is 0 Å². The van der Waals surface area contributed by atoms with Crippen molar-refractivity contribution in [1.29, 1.82) is 0 Å². The lowest BCUT2D eigenvalue weighted by Gasteiger charge is -2.34. The van der Waals surface area contributed by atoms with Crippen LogP contribution in [0.5, 0.6) is 0 Å². The molecule has 0 unspecified atom stereocenters. The minimum atomic E-state index is -1.57. The van der Waals surface area contributed by atoms with Crippen molar-refractivity contribution < 1.29 is 9.90 Å². The fourth-order valence-electron chi connectivity index (χ4n) is 1.07.